The van der Waals surface area contributed by atoms with Gasteiger partial charge in [-0.15, -0.1) is 0 Å². The lowest BCUT2D eigenvalue weighted by molar-refractivity contribution is -0.118. The molecule has 1 saturated heterocycles. The maximum Gasteiger partial charge on any atom is 0.235 e. The minimum Gasteiger partial charge on any atom is -0.468 e. The van der Waals surface area contributed by atoms with Gasteiger partial charge in [-0.05, 0) is 44.0 Å². The molecule has 1 aromatic heterocycles. The lowest BCUT2D eigenvalue weighted by atomic mass is 10.1. The number of hydrogen-bond acceptors (Lipinski definition) is 5. The van der Waals surface area contributed by atoms with Crippen LogP contribution in [-0.4, -0.2) is 50.4 Å². The van der Waals surface area contributed by atoms with Crippen LogP contribution in [0.4, 0.5) is 0 Å². The van der Waals surface area contributed by atoms with E-state index in [0.717, 1.165) is 31.7 Å². The largest absolute Gasteiger partial charge is 0.468 e. The van der Waals surface area contributed by atoms with Crippen LogP contribution >= 0.6 is 0 Å². The molecule has 1 atom stereocenters. The number of carbonyl (C=O) groups is 1. The van der Waals surface area contributed by atoms with Crippen molar-refractivity contribution < 1.29 is 17.6 Å². The number of amides is 1. The Hall–Kier alpha value is -1.34. The second-order valence-electron chi connectivity index (χ2n) is 6.88. The van der Waals surface area contributed by atoms with E-state index in [1.807, 2.05) is 26.0 Å². The minimum atomic E-state index is -3.36. The third-order valence-corrected chi connectivity index (χ3v) is 6.01. The number of piperidine rings is 1. The molecule has 7 heteroatoms. The predicted octanol–water partition coefficient (Wildman–Crippen LogP) is 1.99. The lowest BCUT2D eigenvalue weighted by Gasteiger charge is -2.33. The lowest BCUT2D eigenvalue weighted by Crippen LogP contribution is -2.42. The van der Waals surface area contributed by atoms with E-state index in [4.69, 9.17) is 4.42 Å². The Balaban J connectivity index is 1.94. The molecule has 1 aliphatic rings. The highest BCUT2D eigenvalue weighted by Gasteiger charge is 2.26. The molecule has 1 aromatic rings. The highest BCUT2D eigenvalue weighted by molar-refractivity contribution is 7.92. The molecule has 24 heavy (non-hydrogen) atoms. The first kappa shape index (κ1) is 19.0. The molecule has 136 valence electrons. The Morgan fingerprint density at radius 1 is 1.29 bits per heavy atom. The predicted molar refractivity (Wildman–Crippen MR) is 93.4 cm³/mol. The SMILES string of the molecule is CC(C)CS(=O)(=O)CC(=O)NCC(c1ccco1)N1CCCCC1. The molecule has 1 amide bonds. The van der Waals surface area contributed by atoms with Crippen molar-refractivity contribution in [3.8, 4) is 0 Å². The summed E-state index contributed by atoms with van der Waals surface area (Å²) in [6.45, 7) is 5.96. The molecular formula is C17H28N2O4S. The molecule has 0 aliphatic carbocycles. The summed E-state index contributed by atoms with van der Waals surface area (Å²) in [5, 5.41) is 2.78. The summed E-state index contributed by atoms with van der Waals surface area (Å²) in [7, 11) is -3.36. The number of likely N-dealkylation sites (tertiary alicyclic amines) is 1. The molecule has 0 radical (unpaired) electrons. The Bertz CT molecular complexity index is 605. The Morgan fingerprint density at radius 2 is 2.00 bits per heavy atom. The molecule has 1 unspecified atom stereocenters. The first-order valence-electron chi connectivity index (χ1n) is 8.62. The monoisotopic (exact) mass is 356 g/mol. The van der Waals surface area contributed by atoms with Crippen molar-refractivity contribution in [1.82, 2.24) is 10.2 Å². The van der Waals surface area contributed by atoms with Crippen molar-refractivity contribution in [3.05, 3.63) is 24.2 Å². The summed E-state index contributed by atoms with van der Waals surface area (Å²) in [6, 6.07) is 3.69. The summed E-state index contributed by atoms with van der Waals surface area (Å²) in [6.07, 6.45) is 5.12. The fraction of sp³-hybridized carbons (Fsp3) is 0.706. The Labute approximate surface area is 144 Å². The van der Waals surface area contributed by atoms with Gasteiger partial charge in [0.2, 0.25) is 5.91 Å². The van der Waals surface area contributed by atoms with Crippen LogP contribution in [-0.2, 0) is 14.6 Å². The Morgan fingerprint density at radius 3 is 2.58 bits per heavy atom. The summed E-state index contributed by atoms with van der Waals surface area (Å²) < 4.78 is 29.4. The second-order valence-corrected chi connectivity index (χ2v) is 8.99. The molecule has 0 saturated carbocycles. The number of nitrogens with zero attached hydrogens (tertiary/aromatic N) is 1. The fourth-order valence-electron chi connectivity index (χ4n) is 3.15. The maximum absolute atomic E-state index is 12.1. The number of nitrogens with one attached hydrogen (secondary N) is 1. The van der Waals surface area contributed by atoms with Gasteiger partial charge in [-0.1, -0.05) is 20.3 Å². The average Bonchev–Trinajstić information content (AvgIpc) is 3.00. The van der Waals surface area contributed by atoms with Gasteiger partial charge < -0.3 is 9.73 Å². The van der Waals surface area contributed by atoms with Gasteiger partial charge in [-0.2, -0.15) is 0 Å². The zero-order chi connectivity index (χ0) is 17.6. The topological polar surface area (TPSA) is 79.6 Å². The first-order valence-corrected chi connectivity index (χ1v) is 10.4. The van der Waals surface area contributed by atoms with E-state index in [1.54, 1.807) is 6.26 Å². The smallest absolute Gasteiger partial charge is 0.235 e. The van der Waals surface area contributed by atoms with Gasteiger partial charge in [-0.25, -0.2) is 8.42 Å². The van der Waals surface area contributed by atoms with E-state index in [2.05, 4.69) is 10.2 Å². The molecule has 2 heterocycles. The molecular weight excluding hydrogens is 328 g/mol. The van der Waals surface area contributed by atoms with Crippen molar-refractivity contribution in [3.63, 3.8) is 0 Å². The number of sulfone groups is 1. The van der Waals surface area contributed by atoms with Gasteiger partial charge in [-0.3, -0.25) is 9.69 Å². The van der Waals surface area contributed by atoms with Gasteiger partial charge in [0.15, 0.2) is 9.84 Å². The zero-order valence-corrected chi connectivity index (χ0v) is 15.3. The quantitative estimate of drug-likeness (QED) is 0.770. The number of rotatable bonds is 8. The molecule has 1 N–H and O–H groups in total. The number of carbonyl (C=O) groups excluding carboxylic acids is 1. The van der Waals surface area contributed by atoms with Crippen molar-refractivity contribution in [2.45, 2.75) is 39.2 Å². The molecule has 0 spiro atoms. The summed E-state index contributed by atoms with van der Waals surface area (Å²) in [4.78, 5) is 14.4. The van der Waals surface area contributed by atoms with E-state index >= 15 is 0 Å². The van der Waals surface area contributed by atoms with Gasteiger partial charge in [0.1, 0.15) is 11.5 Å². The molecule has 6 nitrogen and oxygen atoms in total. The zero-order valence-electron chi connectivity index (χ0n) is 14.5. The van der Waals surface area contributed by atoms with Gasteiger partial charge in [0.25, 0.3) is 0 Å². The summed E-state index contributed by atoms with van der Waals surface area (Å²) in [5.74, 6) is -0.0250. The molecule has 2 rings (SSSR count). The van der Waals surface area contributed by atoms with Gasteiger partial charge in [0, 0.05) is 6.54 Å². The van der Waals surface area contributed by atoms with Crippen molar-refractivity contribution in [2.24, 2.45) is 5.92 Å². The van der Waals surface area contributed by atoms with E-state index in [1.165, 1.54) is 6.42 Å². The minimum absolute atomic E-state index is 0.0204. The molecule has 0 bridgehead atoms. The normalized spacial score (nSPS) is 17.8. The maximum atomic E-state index is 12.1. The van der Waals surface area contributed by atoms with Crippen molar-refractivity contribution in [2.75, 3.05) is 31.1 Å². The van der Waals surface area contributed by atoms with Crippen LogP contribution < -0.4 is 5.32 Å². The molecule has 0 aromatic carbocycles. The van der Waals surface area contributed by atoms with Crippen LogP contribution in [0.1, 0.15) is 44.9 Å². The van der Waals surface area contributed by atoms with E-state index in [9.17, 15) is 13.2 Å². The highest BCUT2D eigenvalue weighted by atomic mass is 32.2. The molecule has 1 aliphatic heterocycles. The first-order chi connectivity index (χ1) is 11.4. The van der Waals surface area contributed by atoms with Crippen LogP contribution in [0.15, 0.2) is 22.8 Å². The fourth-order valence-corrected chi connectivity index (χ4v) is 4.78. The number of furan rings is 1. The Kier molecular flexibility index (Phi) is 6.86. The van der Waals surface area contributed by atoms with Crippen molar-refractivity contribution >= 4 is 15.7 Å². The van der Waals surface area contributed by atoms with Crippen LogP contribution in [0.25, 0.3) is 0 Å². The summed E-state index contributed by atoms with van der Waals surface area (Å²) in [5.41, 5.74) is 0. The highest BCUT2D eigenvalue weighted by Crippen LogP contribution is 2.24. The summed E-state index contributed by atoms with van der Waals surface area (Å²) >= 11 is 0. The molecule has 1 fully saturated rings. The van der Waals surface area contributed by atoms with Gasteiger partial charge in [0.05, 0.1) is 18.1 Å². The second kappa shape index (κ2) is 8.67. The van der Waals surface area contributed by atoms with Crippen LogP contribution in [0.5, 0.6) is 0 Å². The van der Waals surface area contributed by atoms with E-state index in [-0.39, 0.29) is 17.7 Å². The van der Waals surface area contributed by atoms with Crippen LogP contribution in [0.2, 0.25) is 0 Å². The third-order valence-electron chi connectivity index (χ3n) is 4.13. The standard InChI is InChI=1S/C17H28N2O4S/c1-14(2)12-24(21,22)13-17(20)18-11-15(16-7-6-10-23-16)19-8-4-3-5-9-19/h6-7,10,14-15H,3-5,8-9,11-13H2,1-2H3,(H,18,20). The third kappa shape index (κ3) is 5.94. The van der Waals surface area contributed by atoms with E-state index < -0.39 is 21.5 Å². The van der Waals surface area contributed by atoms with Crippen LogP contribution in [0.3, 0.4) is 0 Å². The van der Waals surface area contributed by atoms with Gasteiger partial charge >= 0.3 is 0 Å². The van der Waals surface area contributed by atoms with Crippen molar-refractivity contribution in [1.29, 1.82) is 0 Å². The number of hydrogen-bond donors (Lipinski definition) is 1. The van der Waals surface area contributed by atoms with E-state index in [0.29, 0.717) is 6.54 Å². The average molecular weight is 356 g/mol. The van der Waals surface area contributed by atoms with Crippen LogP contribution in [0, 0.1) is 5.92 Å².